The number of aryl methyl sites for hydroxylation is 1. The molecule has 3 rings (SSSR count). The molecule has 1 aliphatic heterocycles. The molecule has 7 nitrogen and oxygen atoms in total. The first-order chi connectivity index (χ1) is 10.1. The molecule has 2 N–H and O–H groups in total. The molecule has 0 aliphatic carbocycles. The topological polar surface area (TPSA) is 91.0 Å². The van der Waals surface area contributed by atoms with Crippen LogP contribution in [0.5, 0.6) is 0 Å². The summed E-state index contributed by atoms with van der Waals surface area (Å²) in [5.41, 5.74) is 1.44. The maximum atomic E-state index is 12.9. The van der Waals surface area contributed by atoms with Crippen molar-refractivity contribution in [3.63, 3.8) is 0 Å². The predicted molar refractivity (Wildman–Crippen MR) is 77.1 cm³/mol. The van der Waals surface area contributed by atoms with E-state index in [1.807, 2.05) is 12.1 Å². The number of hydrogen-bond donors (Lipinski definition) is 2. The van der Waals surface area contributed by atoms with E-state index in [0.29, 0.717) is 25.3 Å². The number of nitrogens with one attached hydrogen (secondary N) is 2. The normalized spacial score (nSPS) is 20.5. The van der Waals surface area contributed by atoms with Gasteiger partial charge < -0.3 is 5.32 Å². The predicted octanol–water partition coefficient (Wildman–Crippen LogP) is 0.448. The second kappa shape index (κ2) is 5.55. The molecule has 1 fully saturated rings. The number of aromatic nitrogens is 3. The Kier molecular flexibility index (Phi) is 3.75. The number of rotatable bonds is 3. The van der Waals surface area contributed by atoms with E-state index in [1.165, 1.54) is 10.5 Å². The van der Waals surface area contributed by atoms with Gasteiger partial charge in [0, 0.05) is 32.0 Å². The minimum atomic E-state index is -3.57. The number of aromatic amines is 1. The van der Waals surface area contributed by atoms with Gasteiger partial charge in [-0.1, -0.05) is 6.07 Å². The van der Waals surface area contributed by atoms with Crippen molar-refractivity contribution in [1.29, 1.82) is 0 Å². The quantitative estimate of drug-likeness (QED) is 0.859. The minimum absolute atomic E-state index is 0.235. The molecule has 2 aromatic rings. The van der Waals surface area contributed by atoms with E-state index in [4.69, 9.17) is 0 Å². The first-order valence-corrected chi connectivity index (χ1v) is 8.17. The van der Waals surface area contributed by atoms with E-state index in [-0.39, 0.29) is 10.9 Å². The summed E-state index contributed by atoms with van der Waals surface area (Å²) in [7, 11) is -3.57. The van der Waals surface area contributed by atoms with Crippen LogP contribution in [0.3, 0.4) is 0 Å². The van der Waals surface area contributed by atoms with Crippen molar-refractivity contribution in [2.24, 2.45) is 0 Å². The lowest BCUT2D eigenvalue weighted by Crippen LogP contribution is -2.48. The Morgan fingerprint density at radius 1 is 1.38 bits per heavy atom. The van der Waals surface area contributed by atoms with Crippen LogP contribution in [0.25, 0.3) is 0 Å². The molecule has 0 amide bonds. The van der Waals surface area contributed by atoms with Crippen LogP contribution >= 0.6 is 0 Å². The number of nitrogens with zero attached hydrogens (tertiary/aromatic N) is 3. The van der Waals surface area contributed by atoms with Gasteiger partial charge in [0.25, 0.3) is 0 Å². The Morgan fingerprint density at radius 3 is 2.90 bits per heavy atom. The van der Waals surface area contributed by atoms with Crippen molar-refractivity contribution < 1.29 is 8.42 Å². The highest BCUT2D eigenvalue weighted by atomic mass is 32.2. The molecule has 0 aromatic carbocycles. The summed E-state index contributed by atoms with van der Waals surface area (Å²) < 4.78 is 27.3. The third-order valence-corrected chi connectivity index (χ3v) is 5.66. The molecule has 0 saturated carbocycles. The number of sulfonamides is 1. The Morgan fingerprint density at radius 2 is 2.24 bits per heavy atom. The van der Waals surface area contributed by atoms with Gasteiger partial charge in [0.1, 0.15) is 4.90 Å². The molecule has 21 heavy (non-hydrogen) atoms. The molecule has 3 heterocycles. The highest BCUT2D eigenvalue weighted by Crippen LogP contribution is 2.29. The van der Waals surface area contributed by atoms with Crippen molar-refractivity contribution in [1.82, 2.24) is 24.8 Å². The van der Waals surface area contributed by atoms with Gasteiger partial charge in [-0.3, -0.25) is 10.1 Å². The molecule has 1 atom stereocenters. The van der Waals surface area contributed by atoms with Crippen LogP contribution in [0.15, 0.2) is 35.6 Å². The lowest BCUT2D eigenvalue weighted by Gasteiger charge is -2.35. The zero-order chi connectivity index (χ0) is 14.9. The molecule has 112 valence electrons. The van der Waals surface area contributed by atoms with E-state index >= 15 is 0 Å². The third kappa shape index (κ3) is 2.57. The first-order valence-electron chi connectivity index (χ1n) is 6.73. The van der Waals surface area contributed by atoms with E-state index in [9.17, 15) is 8.42 Å². The van der Waals surface area contributed by atoms with Crippen LogP contribution in [0.1, 0.15) is 17.3 Å². The van der Waals surface area contributed by atoms with Crippen molar-refractivity contribution in [3.05, 3.63) is 42.0 Å². The smallest absolute Gasteiger partial charge is 0.247 e. The van der Waals surface area contributed by atoms with Gasteiger partial charge in [0.15, 0.2) is 0 Å². The number of H-pyrrole nitrogens is 1. The molecular weight excluding hydrogens is 290 g/mol. The monoisotopic (exact) mass is 307 g/mol. The molecule has 0 bridgehead atoms. The average Bonchev–Trinajstić information content (AvgIpc) is 2.95. The van der Waals surface area contributed by atoms with E-state index in [0.717, 1.165) is 5.56 Å². The summed E-state index contributed by atoms with van der Waals surface area (Å²) in [5.74, 6) is 0. The van der Waals surface area contributed by atoms with E-state index in [1.54, 1.807) is 19.3 Å². The zero-order valence-corrected chi connectivity index (χ0v) is 12.5. The summed E-state index contributed by atoms with van der Waals surface area (Å²) >= 11 is 0. The Bertz CT molecular complexity index is 713. The summed E-state index contributed by atoms with van der Waals surface area (Å²) in [6.45, 7) is 3.34. The van der Waals surface area contributed by atoms with Crippen LogP contribution in [-0.2, 0) is 10.0 Å². The number of piperazine rings is 1. The van der Waals surface area contributed by atoms with Crippen molar-refractivity contribution >= 4 is 10.0 Å². The standard InChI is InChI=1S/C13H17N5O2S/c1-10-13(9-16-17-10)21(19,20)18-6-5-15-8-12(18)11-3-2-4-14-7-11/h2-4,7,9,12,15H,5-6,8H2,1H3,(H,16,17). The van der Waals surface area contributed by atoms with Gasteiger partial charge in [-0.15, -0.1) is 0 Å². The van der Waals surface area contributed by atoms with Crippen LogP contribution in [0, 0.1) is 6.92 Å². The van der Waals surface area contributed by atoms with Crippen LogP contribution in [0.2, 0.25) is 0 Å². The van der Waals surface area contributed by atoms with Gasteiger partial charge in [-0.25, -0.2) is 8.42 Å². The Hall–Kier alpha value is -1.77. The van der Waals surface area contributed by atoms with Crippen molar-refractivity contribution in [3.8, 4) is 0 Å². The lowest BCUT2D eigenvalue weighted by atomic mass is 10.1. The number of hydrogen-bond acceptors (Lipinski definition) is 5. The fraction of sp³-hybridized carbons (Fsp3) is 0.385. The SMILES string of the molecule is Cc1[nH]ncc1S(=O)(=O)N1CCNCC1c1cccnc1. The summed E-state index contributed by atoms with van der Waals surface area (Å²) in [6, 6.07) is 3.46. The zero-order valence-electron chi connectivity index (χ0n) is 11.7. The van der Waals surface area contributed by atoms with Gasteiger partial charge in [-0.2, -0.15) is 9.40 Å². The second-order valence-electron chi connectivity index (χ2n) is 4.98. The fourth-order valence-electron chi connectivity index (χ4n) is 2.56. The molecule has 8 heteroatoms. The summed E-state index contributed by atoms with van der Waals surface area (Å²) in [5, 5.41) is 9.74. The molecule has 0 spiro atoms. The maximum absolute atomic E-state index is 12.9. The lowest BCUT2D eigenvalue weighted by molar-refractivity contribution is 0.271. The molecule has 1 aliphatic rings. The second-order valence-corrected chi connectivity index (χ2v) is 6.84. The fourth-order valence-corrected chi connectivity index (χ4v) is 4.29. The van der Waals surface area contributed by atoms with Gasteiger partial charge >= 0.3 is 0 Å². The maximum Gasteiger partial charge on any atom is 0.247 e. The van der Waals surface area contributed by atoms with Crippen molar-refractivity contribution in [2.45, 2.75) is 17.9 Å². The van der Waals surface area contributed by atoms with Crippen LogP contribution in [0.4, 0.5) is 0 Å². The van der Waals surface area contributed by atoms with Crippen molar-refractivity contribution in [2.75, 3.05) is 19.6 Å². The third-order valence-electron chi connectivity index (χ3n) is 3.63. The van der Waals surface area contributed by atoms with Crippen LogP contribution < -0.4 is 5.32 Å². The highest BCUT2D eigenvalue weighted by Gasteiger charge is 2.35. The van der Waals surface area contributed by atoms with Gasteiger partial charge in [0.2, 0.25) is 10.0 Å². The van der Waals surface area contributed by atoms with E-state index in [2.05, 4.69) is 20.5 Å². The molecule has 0 radical (unpaired) electrons. The first kappa shape index (κ1) is 14.2. The number of pyridine rings is 1. The molecule has 1 unspecified atom stereocenters. The van der Waals surface area contributed by atoms with Crippen LogP contribution in [-0.4, -0.2) is 47.5 Å². The minimum Gasteiger partial charge on any atom is -0.313 e. The summed E-state index contributed by atoms with van der Waals surface area (Å²) in [6.07, 6.45) is 4.76. The molecular formula is C13H17N5O2S. The van der Waals surface area contributed by atoms with E-state index < -0.39 is 10.0 Å². The van der Waals surface area contributed by atoms with Gasteiger partial charge in [0.05, 0.1) is 17.9 Å². The molecule has 1 saturated heterocycles. The highest BCUT2D eigenvalue weighted by molar-refractivity contribution is 7.89. The van der Waals surface area contributed by atoms with Gasteiger partial charge in [-0.05, 0) is 18.6 Å². The largest absolute Gasteiger partial charge is 0.313 e. The average molecular weight is 307 g/mol. The Balaban J connectivity index is 2.01. The Labute approximate surface area is 123 Å². The molecule has 2 aromatic heterocycles. The summed E-state index contributed by atoms with van der Waals surface area (Å²) in [4.78, 5) is 4.32.